The van der Waals surface area contributed by atoms with Crippen LogP contribution in [-0.4, -0.2) is 29.9 Å². The Kier molecular flexibility index (Phi) is 4.01. The van der Waals surface area contributed by atoms with Gasteiger partial charge in [0.1, 0.15) is 10.6 Å². The Hall–Kier alpha value is -1.67. The number of hydrogen-bond donors (Lipinski definition) is 1. The van der Waals surface area contributed by atoms with E-state index >= 15 is 0 Å². The highest BCUT2D eigenvalue weighted by molar-refractivity contribution is 7.89. The van der Waals surface area contributed by atoms with Crippen molar-refractivity contribution in [1.82, 2.24) is 19.7 Å². The monoisotopic (exact) mass is 284 g/mol. The molecule has 0 aromatic carbocycles. The molecule has 0 unspecified atom stereocenters. The first-order valence-electron chi connectivity index (χ1n) is 5.90. The summed E-state index contributed by atoms with van der Waals surface area (Å²) in [7, 11) is -3.56. The van der Waals surface area contributed by atoms with Gasteiger partial charge in [-0.1, -0.05) is 5.16 Å². The lowest BCUT2D eigenvalue weighted by Gasteiger charge is -2.06. The van der Waals surface area contributed by atoms with Crippen LogP contribution in [0, 0.1) is 13.8 Å². The zero-order valence-electron chi connectivity index (χ0n) is 10.8. The van der Waals surface area contributed by atoms with E-state index in [2.05, 4.69) is 15.0 Å². The summed E-state index contributed by atoms with van der Waals surface area (Å²) in [6.07, 6.45) is 4.18. The summed E-state index contributed by atoms with van der Waals surface area (Å²) in [6, 6.07) is 1.83. The van der Waals surface area contributed by atoms with Crippen LogP contribution in [0.15, 0.2) is 27.9 Å². The summed E-state index contributed by atoms with van der Waals surface area (Å²) in [5.74, 6) is 0.303. The van der Waals surface area contributed by atoms with Gasteiger partial charge >= 0.3 is 0 Å². The molecular formula is C11H16N4O3S. The van der Waals surface area contributed by atoms with Crippen molar-refractivity contribution in [3.8, 4) is 0 Å². The molecule has 0 radical (unpaired) electrons. The molecule has 0 fully saturated rings. The average Bonchev–Trinajstić information content (AvgIpc) is 2.95. The van der Waals surface area contributed by atoms with Crippen LogP contribution in [0.2, 0.25) is 0 Å². The summed E-state index contributed by atoms with van der Waals surface area (Å²) >= 11 is 0. The minimum Gasteiger partial charge on any atom is -0.360 e. The van der Waals surface area contributed by atoms with E-state index in [0.717, 1.165) is 0 Å². The molecule has 0 bridgehead atoms. The van der Waals surface area contributed by atoms with Crippen LogP contribution in [0.5, 0.6) is 0 Å². The topological polar surface area (TPSA) is 90.0 Å². The van der Waals surface area contributed by atoms with Crippen molar-refractivity contribution in [3.05, 3.63) is 29.9 Å². The normalized spacial score (nSPS) is 11.9. The standard InChI is InChI=1S/C11H16N4O3S/c1-9-11(10(2)18-14-9)19(16,17)13-6-4-8-15-7-3-5-12-15/h3,5,7,13H,4,6,8H2,1-2H3. The van der Waals surface area contributed by atoms with Crippen molar-refractivity contribution >= 4 is 10.0 Å². The lowest BCUT2D eigenvalue weighted by atomic mass is 10.4. The zero-order chi connectivity index (χ0) is 13.9. The van der Waals surface area contributed by atoms with E-state index < -0.39 is 10.0 Å². The lowest BCUT2D eigenvalue weighted by Crippen LogP contribution is -2.26. The minimum absolute atomic E-state index is 0.131. The number of sulfonamides is 1. The number of nitrogens with zero attached hydrogens (tertiary/aromatic N) is 3. The van der Waals surface area contributed by atoms with Crippen molar-refractivity contribution in [2.24, 2.45) is 0 Å². The maximum Gasteiger partial charge on any atom is 0.245 e. The van der Waals surface area contributed by atoms with Gasteiger partial charge in [0.05, 0.1) is 0 Å². The molecule has 0 atom stereocenters. The molecule has 104 valence electrons. The highest BCUT2D eigenvalue weighted by Gasteiger charge is 2.23. The summed E-state index contributed by atoms with van der Waals surface area (Å²) in [5.41, 5.74) is 0.372. The first-order valence-corrected chi connectivity index (χ1v) is 7.39. The van der Waals surface area contributed by atoms with Gasteiger partial charge in [0.25, 0.3) is 0 Å². The summed E-state index contributed by atoms with van der Waals surface area (Å²) < 4.78 is 33.3. The molecule has 8 heteroatoms. The van der Waals surface area contributed by atoms with Crippen LogP contribution >= 0.6 is 0 Å². The number of rotatable bonds is 6. The fraction of sp³-hybridized carbons (Fsp3) is 0.455. The predicted molar refractivity (Wildman–Crippen MR) is 68.0 cm³/mol. The number of aryl methyl sites for hydroxylation is 3. The number of aromatic nitrogens is 3. The average molecular weight is 284 g/mol. The second kappa shape index (κ2) is 5.54. The third-order valence-corrected chi connectivity index (χ3v) is 4.36. The van der Waals surface area contributed by atoms with E-state index in [1.165, 1.54) is 0 Å². The van der Waals surface area contributed by atoms with Gasteiger partial charge in [0.2, 0.25) is 10.0 Å². The van der Waals surface area contributed by atoms with Gasteiger partial charge in [-0.05, 0) is 26.3 Å². The van der Waals surface area contributed by atoms with E-state index in [9.17, 15) is 8.42 Å². The largest absolute Gasteiger partial charge is 0.360 e. The molecule has 19 heavy (non-hydrogen) atoms. The number of hydrogen-bond acceptors (Lipinski definition) is 5. The fourth-order valence-corrected chi connectivity index (χ4v) is 3.21. The lowest BCUT2D eigenvalue weighted by molar-refractivity contribution is 0.390. The van der Waals surface area contributed by atoms with Crippen molar-refractivity contribution in [3.63, 3.8) is 0 Å². The van der Waals surface area contributed by atoms with Gasteiger partial charge in [-0.3, -0.25) is 4.68 Å². The summed E-state index contributed by atoms with van der Waals surface area (Å²) in [6.45, 7) is 4.19. The SMILES string of the molecule is Cc1noc(C)c1S(=O)(=O)NCCCn1cccn1. The predicted octanol–water partition coefficient (Wildman–Crippen LogP) is 0.857. The van der Waals surface area contributed by atoms with Gasteiger partial charge in [-0.2, -0.15) is 5.10 Å². The Morgan fingerprint density at radius 1 is 1.42 bits per heavy atom. The maximum atomic E-state index is 12.1. The van der Waals surface area contributed by atoms with E-state index in [0.29, 0.717) is 31.0 Å². The van der Waals surface area contributed by atoms with Crippen LogP contribution in [0.4, 0.5) is 0 Å². The molecule has 0 aliphatic rings. The van der Waals surface area contributed by atoms with Gasteiger partial charge in [0, 0.05) is 25.5 Å². The van der Waals surface area contributed by atoms with Crippen molar-refractivity contribution in [2.45, 2.75) is 31.7 Å². The highest BCUT2D eigenvalue weighted by atomic mass is 32.2. The van der Waals surface area contributed by atoms with E-state index in [1.54, 1.807) is 24.7 Å². The number of nitrogens with one attached hydrogen (secondary N) is 1. The van der Waals surface area contributed by atoms with Gasteiger partial charge in [-0.25, -0.2) is 13.1 Å². The molecule has 0 aliphatic heterocycles. The summed E-state index contributed by atoms with van der Waals surface area (Å²) in [5, 5.41) is 7.69. The quantitative estimate of drug-likeness (QED) is 0.794. The fourth-order valence-electron chi connectivity index (χ4n) is 1.81. The Labute approximate surface area is 111 Å². The Morgan fingerprint density at radius 2 is 2.21 bits per heavy atom. The van der Waals surface area contributed by atoms with E-state index in [-0.39, 0.29) is 4.90 Å². The van der Waals surface area contributed by atoms with Crippen LogP contribution in [0.25, 0.3) is 0 Å². The molecule has 1 N–H and O–H groups in total. The first kappa shape index (κ1) is 13.8. The zero-order valence-corrected chi connectivity index (χ0v) is 11.6. The molecule has 0 amide bonds. The van der Waals surface area contributed by atoms with Crippen molar-refractivity contribution in [2.75, 3.05) is 6.54 Å². The highest BCUT2D eigenvalue weighted by Crippen LogP contribution is 2.18. The molecule has 2 aromatic rings. The molecule has 7 nitrogen and oxygen atoms in total. The van der Waals surface area contributed by atoms with Gasteiger partial charge in [-0.15, -0.1) is 0 Å². The smallest absolute Gasteiger partial charge is 0.245 e. The maximum absolute atomic E-state index is 12.1. The van der Waals surface area contributed by atoms with Crippen LogP contribution in [0.1, 0.15) is 17.9 Å². The molecule has 0 aliphatic carbocycles. The van der Waals surface area contributed by atoms with Gasteiger partial charge < -0.3 is 4.52 Å². The molecular weight excluding hydrogens is 268 g/mol. The molecule has 0 spiro atoms. The third-order valence-electron chi connectivity index (χ3n) is 2.65. The molecule has 0 saturated heterocycles. The van der Waals surface area contributed by atoms with E-state index in [4.69, 9.17) is 4.52 Å². The van der Waals surface area contributed by atoms with Crippen LogP contribution < -0.4 is 4.72 Å². The van der Waals surface area contributed by atoms with E-state index in [1.807, 2.05) is 12.3 Å². The molecule has 2 rings (SSSR count). The van der Waals surface area contributed by atoms with Crippen molar-refractivity contribution < 1.29 is 12.9 Å². The Morgan fingerprint density at radius 3 is 2.79 bits per heavy atom. The van der Waals surface area contributed by atoms with Crippen LogP contribution in [-0.2, 0) is 16.6 Å². The second-order valence-electron chi connectivity index (χ2n) is 4.17. The first-order chi connectivity index (χ1) is 9.00. The van der Waals surface area contributed by atoms with Crippen LogP contribution in [0.3, 0.4) is 0 Å². The summed E-state index contributed by atoms with van der Waals surface area (Å²) in [4.78, 5) is 0.131. The Bertz CT molecular complexity index is 611. The van der Waals surface area contributed by atoms with Gasteiger partial charge in [0.15, 0.2) is 5.76 Å². The minimum atomic E-state index is -3.56. The van der Waals surface area contributed by atoms with Crippen molar-refractivity contribution in [1.29, 1.82) is 0 Å². The molecule has 0 saturated carbocycles. The molecule has 2 aromatic heterocycles. The molecule has 2 heterocycles. The third kappa shape index (κ3) is 3.21. The Balaban J connectivity index is 1.92. The second-order valence-corrected chi connectivity index (χ2v) is 5.88.